The fourth-order valence-electron chi connectivity index (χ4n) is 8.96. The molecule has 0 saturated carbocycles. The summed E-state index contributed by atoms with van der Waals surface area (Å²) in [6.45, 7) is 8.34. The molecule has 420 valence electrons. The van der Waals surface area contributed by atoms with Crippen molar-refractivity contribution in [3.05, 3.63) is 29.8 Å². The van der Waals surface area contributed by atoms with Crippen LogP contribution in [-0.2, 0) is 49.6 Å². The zero-order valence-electron chi connectivity index (χ0n) is 45.8. The van der Waals surface area contributed by atoms with E-state index < -0.39 is 71.6 Å². The molecule has 74 heavy (non-hydrogen) atoms. The fourth-order valence-corrected chi connectivity index (χ4v) is 8.96. The lowest BCUT2D eigenvalue weighted by atomic mass is 9.88. The molecule has 1 aromatic carbocycles. The number of unbranched alkanes of at least 4 members (excludes halogenated alkanes) is 14. The Morgan fingerprint density at radius 1 is 0.527 bits per heavy atom. The standard InChI is InChI=1S/C57H97N7O10/c1-5-7-8-9-10-11-12-13-14-15-16-17-18-25-54(71)61-40-46(66)31-33-55(72)62-49(37-42-26-29-45(65)30-27-42)52(69)39-44(28-32-53(60)70)57(74)63-47(24-20-22-35-59)51(68)38-43(23-19-21-34-58)56(73)64-48(36-41(3)4)50(67)6-2/h26-27,29-30,41,43-44,47-49,65H,5-25,28,31-40,58-59H2,1-4H3,(H2,60,70)(H,61,71)(H,62,72)(H,63,74)(H,64,73)/t43-,44-,47+,48?,49+/m1/s1. The van der Waals surface area contributed by atoms with Crippen molar-refractivity contribution in [3.8, 4) is 5.75 Å². The largest absolute Gasteiger partial charge is 0.508 e. The molecule has 11 N–H and O–H groups in total. The second-order valence-electron chi connectivity index (χ2n) is 20.7. The maximum absolute atomic E-state index is 14.2. The van der Waals surface area contributed by atoms with Gasteiger partial charge in [0.25, 0.3) is 0 Å². The number of phenols is 1. The molecule has 0 heterocycles. The van der Waals surface area contributed by atoms with Crippen molar-refractivity contribution in [1.82, 2.24) is 21.3 Å². The Balaban J connectivity index is 3.07. The SMILES string of the molecule is CCCCCCCCCCCCCCCC(=O)NCC(=O)CCC(=O)N[C@@H](Cc1ccc(O)cc1)C(=O)C[C@@H](CCC(N)=O)C(=O)N[C@@H](CCCCN)C(=O)C[C@@H](CCCCN)C(=O)NC(CC(C)C)C(=O)CC. The molecule has 17 nitrogen and oxygen atoms in total. The number of carbonyl (C=O) groups is 9. The van der Waals surface area contributed by atoms with Gasteiger partial charge in [0.05, 0.1) is 24.7 Å². The van der Waals surface area contributed by atoms with Crippen LogP contribution in [0.1, 0.15) is 213 Å². The monoisotopic (exact) mass is 1040 g/mol. The molecule has 0 saturated heterocycles. The highest BCUT2D eigenvalue weighted by molar-refractivity contribution is 5.97. The van der Waals surface area contributed by atoms with Gasteiger partial charge >= 0.3 is 0 Å². The highest BCUT2D eigenvalue weighted by atomic mass is 16.3. The number of rotatable bonds is 47. The summed E-state index contributed by atoms with van der Waals surface area (Å²) in [4.78, 5) is 120. The van der Waals surface area contributed by atoms with E-state index in [-0.39, 0.29) is 87.1 Å². The van der Waals surface area contributed by atoms with Crippen molar-refractivity contribution in [3.63, 3.8) is 0 Å². The summed E-state index contributed by atoms with van der Waals surface area (Å²) >= 11 is 0. The van der Waals surface area contributed by atoms with Crippen molar-refractivity contribution in [1.29, 1.82) is 0 Å². The Labute approximate surface area is 443 Å². The molecule has 0 aliphatic heterocycles. The molecule has 5 atom stereocenters. The second kappa shape index (κ2) is 41.2. The Kier molecular flexibility index (Phi) is 37.3. The fraction of sp³-hybridized carbons (Fsp3) is 0.737. The van der Waals surface area contributed by atoms with Crippen LogP contribution >= 0.6 is 0 Å². The van der Waals surface area contributed by atoms with Crippen LogP contribution in [0.4, 0.5) is 0 Å². The first-order chi connectivity index (χ1) is 35.4. The van der Waals surface area contributed by atoms with Crippen LogP contribution in [0.15, 0.2) is 24.3 Å². The van der Waals surface area contributed by atoms with Gasteiger partial charge in [0.2, 0.25) is 29.5 Å². The summed E-state index contributed by atoms with van der Waals surface area (Å²) in [5.74, 6) is -6.03. The zero-order valence-corrected chi connectivity index (χ0v) is 45.8. The van der Waals surface area contributed by atoms with E-state index in [1.54, 1.807) is 19.1 Å². The van der Waals surface area contributed by atoms with Crippen LogP contribution < -0.4 is 38.5 Å². The molecule has 5 amide bonds. The van der Waals surface area contributed by atoms with Crippen molar-refractivity contribution in [2.45, 2.75) is 232 Å². The number of ketones is 4. The molecule has 0 aliphatic carbocycles. The quantitative estimate of drug-likeness (QED) is 0.0305. The summed E-state index contributed by atoms with van der Waals surface area (Å²) in [5.41, 5.74) is 17.6. The number of amides is 5. The van der Waals surface area contributed by atoms with Crippen LogP contribution in [0.3, 0.4) is 0 Å². The third-order valence-electron chi connectivity index (χ3n) is 13.5. The lowest BCUT2D eigenvalue weighted by Gasteiger charge is -2.26. The summed E-state index contributed by atoms with van der Waals surface area (Å²) in [6.07, 6.45) is 17.5. The molecular weight excluding hydrogens is 943 g/mol. The van der Waals surface area contributed by atoms with E-state index >= 15 is 0 Å². The first-order valence-corrected chi connectivity index (χ1v) is 28.2. The molecular formula is C57H97N7O10. The molecule has 0 radical (unpaired) electrons. The Bertz CT molecular complexity index is 1820. The molecule has 1 rings (SSSR count). The summed E-state index contributed by atoms with van der Waals surface area (Å²) in [5, 5.41) is 21.0. The second-order valence-corrected chi connectivity index (χ2v) is 20.7. The molecule has 0 bridgehead atoms. The number of phenolic OH excluding ortho intramolecular Hbond substituents is 1. The molecule has 0 aliphatic rings. The van der Waals surface area contributed by atoms with Gasteiger partial charge in [0.15, 0.2) is 23.1 Å². The highest BCUT2D eigenvalue weighted by Crippen LogP contribution is 2.22. The van der Waals surface area contributed by atoms with Gasteiger partial charge in [-0.3, -0.25) is 43.2 Å². The van der Waals surface area contributed by atoms with E-state index in [0.717, 1.165) is 25.7 Å². The number of hydrogen-bond acceptors (Lipinski definition) is 12. The first kappa shape index (κ1) is 67.0. The predicted octanol–water partition coefficient (Wildman–Crippen LogP) is 7.04. The number of nitrogens with one attached hydrogen (secondary N) is 4. The lowest BCUT2D eigenvalue weighted by Crippen LogP contribution is -2.48. The van der Waals surface area contributed by atoms with E-state index in [4.69, 9.17) is 17.2 Å². The Morgan fingerprint density at radius 3 is 1.57 bits per heavy atom. The minimum absolute atomic E-state index is 0.0150. The van der Waals surface area contributed by atoms with Crippen molar-refractivity contribution in [2.24, 2.45) is 35.0 Å². The number of primary amides is 1. The predicted molar refractivity (Wildman–Crippen MR) is 290 cm³/mol. The Morgan fingerprint density at radius 2 is 1.04 bits per heavy atom. The third-order valence-corrected chi connectivity index (χ3v) is 13.5. The van der Waals surface area contributed by atoms with Crippen LogP contribution in [0.2, 0.25) is 0 Å². The van der Waals surface area contributed by atoms with Gasteiger partial charge < -0.3 is 43.6 Å². The summed E-state index contributed by atoms with van der Waals surface area (Å²) < 4.78 is 0. The molecule has 1 aromatic rings. The zero-order chi connectivity index (χ0) is 55.1. The van der Waals surface area contributed by atoms with Gasteiger partial charge in [-0.05, 0) is 94.5 Å². The van der Waals surface area contributed by atoms with E-state index in [1.807, 2.05) is 13.8 Å². The van der Waals surface area contributed by atoms with Gasteiger partial charge in [0, 0.05) is 56.8 Å². The number of aromatic hydroxyl groups is 1. The van der Waals surface area contributed by atoms with Crippen LogP contribution in [-0.4, -0.2) is 95.5 Å². The third kappa shape index (κ3) is 32.3. The van der Waals surface area contributed by atoms with Crippen molar-refractivity contribution < 1.29 is 48.3 Å². The average Bonchev–Trinajstić information content (AvgIpc) is 3.36. The number of nitrogens with two attached hydrogens (primary N) is 3. The topological polar surface area (TPSA) is 300 Å². The molecule has 0 fully saturated rings. The van der Waals surface area contributed by atoms with Crippen molar-refractivity contribution in [2.75, 3.05) is 19.6 Å². The van der Waals surface area contributed by atoms with Gasteiger partial charge in [0.1, 0.15) is 5.75 Å². The molecule has 1 unspecified atom stereocenters. The van der Waals surface area contributed by atoms with E-state index in [1.165, 1.54) is 69.9 Å². The van der Waals surface area contributed by atoms with E-state index in [9.17, 15) is 48.3 Å². The smallest absolute Gasteiger partial charge is 0.224 e. The van der Waals surface area contributed by atoms with Gasteiger partial charge in [-0.2, -0.15) is 0 Å². The number of carbonyl (C=O) groups excluding carboxylic acids is 9. The lowest BCUT2D eigenvalue weighted by molar-refractivity contribution is -0.135. The summed E-state index contributed by atoms with van der Waals surface area (Å²) in [6, 6.07) is 3.03. The highest BCUT2D eigenvalue weighted by Gasteiger charge is 2.33. The van der Waals surface area contributed by atoms with Crippen LogP contribution in [0.25, 0.3) is 0 Å². The normalized spacial score (nSPS) is 13.3. The van der Waals surface area contributed by atoms with Crippen molar-refractivity contribution >= 4 is 52.7 Å². The molecule has 17 heteroatoms. The van der Waals surface area contributed by atoms with Crippen LogP contribution in [0, 0.1) is 17.8 Å². The van der Waals surface area contributed by atoms with Gasteiger partial charge in [-0.15, -0.1) is 0 Å². The maximum Gasteiger partial charge on any atom is 0.224 e. The average molecular weight is 1040 g/mol. The van der Waals surface area contributed by atoms with E-state index in [2.05, 4.69) is 28.2 Å². The number of Topliss-reactive ketones (excluding diaryl/α,β-unsaturated/α-hetero) is 4. The number of hydrogen-bond donors (Lipinski definition) is 8. The summed E-state index contributed by atoms with van der Waals surface area (Å²) in [7, 11) is 0. The first-order valence-electron chi connectivity index (χ1n) is 28.2. The minimum atomic E-state index is -1.19. The minimum Gasteiger partial charge on any atom is -0.508 e. The molecule has 0 aromatic heterocycles. The number of benzene rings is 1. The Hall–Kier alpha value is -5.03. The van der Waals surface area contributed by atoms with E-state index in [0.29, 0.717) is 63.6 Å². The van der Waals surface area contributed by atoms with Gasteiger partial charge in [-0.1, -0.05) is 123 Å². The maximum atomic E-state index is 14.2. The van der Waals surface area contributed by atoms with Gasteiger partial charge in [-0.25, -0.2) is 0 Å². The molecule has 0 spiro atoms. The van der Waals surface area contributed by atoms with Crippen LogP contribution in [0.5, 0.6) is 5.75 Å².